The quantitative estimate of drug-likeness (QED) is 0.641. The number of nitrogens with two attached hydrogens (primary N) is 1. The van der Waals surface area contributed by atoms with Gasteiger partial charge in [-0.1, -0.05) is 0 Å². The van der Waals surface area contributed by atoms with Gasteiger partial charge in [-0.3, -0.25) is 9.59 Å². The standard InChI is InChI=1S/C24H27N3O5.ClH/c1-30-16-6-8-18(9-7-16)31-17-4-2-15(3-5-17)26-22(28)20-19-10-11-24(32-19)14-27(13-12-25)23(29)21(20)24;/h2-9,19-21H,10-14,25H2,1H3,(H,26,28);1H/t19-,20-,21+,24-;/m0./s1. The molecule has 3 aliphatic rings. The first-order valence-corrected chi connectivity index (χ1v) is 10.9. The van der Waals surface area contributed by atoms with Gasteiger partial charge in [-0.25, -0.2) is 0 Å². The second-order valence-corrected chi connectivity index (χ2v) is 8.60. The third-order valence-electron chi connectivity index (χ3n) is 6.72. The van der Waals surface area contributed by atoms with Crippen LogP contribution in [0, 0.1) is 11.8 Å². The Morgan fingerprint density at radius 1 is 1.15 bits per heavy atom. The van der Waals surface area contributed by atoms with E-state index in [9.17, 15) is 9.59 Å². The number of benzene rings is 2. The monoisotopic (exact) mass is 473 g/mol. The number of methoxy groups -OCH3 is 1. The van der Waals surface area contributed by atoms with Gasteiger partial charge in [-0.05, 0) is 61.4 Å². The van der Waals surface area contributed by atoms with E-state index in [4.69, 9.17) is 19.9 Å². The first kappa shape index (κ1) is 23.4. The SMILES string of the molecule is COc1ccc(Oc2ccc(NC(=O)[C@H]3[C@@H]4CC[C@@]5(CN(CCN)C(=O)[C@@H]35)O4)cc2)cc1.Cl. The smallest absolute Gasteiger partial charge is 0.231 e. The predicted octanol–water partition coefficient (Wildman–Crippen LogP) is 2.81. The van der Waals surface area contributed by atoms with E-state index in [1.54, 1.807) is 36.3 Å². The van der Waals surface area contributed by atoms with Crippen LogP contribution in [0.5, 0.6) is 17.2 Å². The third-order valence-corrected chi connectivity index (χ3v) is 6.72. The van der Waals surface area contributed by atoms with E-state index in [2.05, 4.69) is 5.32 Å². The number of amides is 2. The molecule has 2 aromatic carbocycles. The Morgan fingerprint density at radius 3 is 2.42 bits per heavy atom. The topological polar surface area (TPSA) is 103 Å². The second kappa shape index (κ2) is 9.21. The lowest BCUT2D eigenvalue weighted by Crippen LogP contribution is -2.43. The normalized spacial score (nSPS) is 27.2. The fraction of sp³-hybridized carbons (Fsp3) is 0.417. The molecule has 3 heterocycles. The van der Waals surface area contributed by atoms with Gasteiger partial charge in [0.25, 0.3) is 0 Å². The lowest BCUT2D eigenvalue weighted by atomic mass is 9.73. The maximum atomic E-state index is 13.2. The molecule has 0 unspecified atom stereocenters. The van der Waals surface area contributed by atoms with Crippen LogP contribution in [0.1, 0.15) is 12.8 Å². The number of rotatable bonds is 7. The van der Waals surface area contributed by atoms with Crippen LogP contribution in [0.3, 0.4) is 0 Å². The number of hydrogen-bond donors (Lipinski definition) is 2. The van der Waals surface area contributed by atoms with E-state index in [0.29, 0.717) is 36.8 Å². The summed E-state index contributed by atoms with van der Waals surface area (Å²) in [7, 11) is 1.62. The molecule has 0 aliphatic carbocycles. The van der Waals surface area contributed by atoms with E-state index in [1.165, 1.54) is 0 Å². The largest absolute Gasteiger partial charge is 0.497 e. The van der Waals surface area contributed by atoms with Crippen LogP contribution in [0.4, 0.5) is 5.69 Å². The zero-order chi connectivity index (χ0) is 22.3. The van der Waals surface area contributed by atoms with Gasteiger partial charge in [0.1, 0.15) is 17.2 Å². The van der Waals surface area contributed by atoms with Gasteiger partial charge >= 0.3 is 0 Å². The van der Waals surface area contributed by atoms with Gasteiger partial charge in [-0.15, -0.1) is 12.4 Å². The second-order valence-electron chi connectivity index (χ2n) is 8.60. The summed E-state index contributed by atoms with van der Waals surface area (Å²) >= 11 is 0. The Bertz CT molecular complexity index is 1020. The van der Waals surface area contributed by atoms with Crippen LogP contribution in [0.25, 0.3) is 0 Å². The number of nitrogens with zero attached hydrogens (tertiary/aromatic N) is 1. The highest BCUT2D eigenvalue weighted by Crippen LogP contribution is 2.55. The molecule has 9 heteroatoms. The molecule has 2 amide bonds. The number of halogens is 1. The number of likely N-dealkylation sites (tertiary alicyclic amines) is 1. The van der Waals surface area contributed by atoms with Gasteiger partial charge in [-0.2, -0.15) is 0 Å². The number of ether oxygens (including phenoxy) is 3. The Labute approximate surface area is 198 Å². The molecule has 3 aliphatic heterocycles. The highest BCUT2D eigenvalue weighted by atomic mass is 35.5. The van der Waals surface area contributed by atoms with E-state index >= 15 is 0 Å². The van der Waals surface area contributed by atoms with Crippen molar-refractivity contribution >= 4 is 29.9 Å². The zero-order valence-electron chi connectivity index (χ0n) is 18.4. The maximum absolute atomic E-state index is 13.2. The summed E-state index contributed by atoms with van der Waals surface area (Å²) in [6.07, 6.45) is 1.41. The lowest BCUT2D eigenvalue weighted by Gasteiger charge is -2.27. The molecule has 0 saturated carbocycles. The number of nitrogens with one attached hydrogen (secondary N) is 1. The summed E-state index contributed by atoms with van der Waals surface area (Å²) in [5, 5.41) is 2.97. The van der Waals surface area contributed by atoms with Crippen molar-refractivity contribution in [2.45, 2.75) is 24.5 Å². The van der Waals surface area contributed by atoms with Crippen molar-refractivity contribution in [2.75, 3.05) is 32.1 Å². The number of anilines is 1. The minimum absolute atomic E-state index is 0. The first-order chi connectivity index (χ1) is 15.5. The minimum atomic E-state index is -0.533. The number of hydrogen-bond acceptors (Lipinski definition) is 6. The fourth-order valence-corrected chi connectivity index (χ4v) is 5.30. The van der Waals surface area contributed by atoms with Crippen LogP contribution >= 0.6 is 12.4 Å². The van der Waals surface area contributed by atoms with E-state index < -0.39 is 17.4 Å². The summed E-state index contributed by atoms with van der Waals surface area (Å²) in [4.78, 5) is 27.9. The first-order valence-electron chi connectivity index (χ1n) is 10.9. The number of fused-ring (bicyclic) bond motifs is 1. The molecular weight excluding hydrogens is 446 g/mol. The van der Waals surface area contributed by atoms with Crippen LogP contribution < -0.4 is 20.5 Å². The molecule has 0 aromatic heterocycles. The molecule has 2 aromatic rings. The molecule has 176 valence electrons. The highest BCUT2D eigenvalue weighted by Gasteiger charge is 2.68. The lowest BCUT2D eigenvalue weighted by molar-refractivity contribution is -0.136. The summed E-state index contributed by atoms with van der Waals surface area (Å²) in [6.45, 7) is 1.43. The van der Waals surface area contributed by atoms with Crippen LogP contribution in [0.2, 0.25) is 0 Å². The Balaban J connectivity index is 0.00000259. The van der Waals surface area contributed by atoms with Crippen molar-refractivity contribution in [1.29, 1.82) is 0 Å². The number of carbonyl (C=O) groups is 2. The molecule has 33 heavy (non-hydrogen) atoms. The summed E-state index contributed by atoms with van der Waals surface area (Å²) in [5.74, 6) is 1.01. The maximum Gasteiger partial charge on any atom is 0.231 e. The summed E-state index contributed by atoms with van der Waals surface area (Å²) in [5.41, 5.74) is 5.77. The fourth-order valence-electron chi connectivity index (χ4n) is 5.30. The van der Waals surface area contributed by atoms with Crippen molar-refractivity contribution in [3.05, 3.63) is 48.5 Å². The van der Waals surface area contributed by atoms with Gasteiger partial charge < -0.3 is 30.2 Å². The average molecular weight is 474 g/mol. The van der Waals surface area contributed by atoms with Crippen molar-refractivity contribution in [1.82, 2.24) is 4.90 Å². The minimum Gasteiger partial charge on any atom is -0.497 e. The summed E-state index contributed by atoms with van der Waals surface area (Å²) in [6, 6.07) is 14.5. The molecule has 0 radical (unpaired) electrons. The van der Waals surface area contributed by atoms with Crippen LogP contribution in [-0.2, 0) is 14.3 Å². The van der Waals surface area contributed by atoms with Gasteiger partial charge in [0, 0.05) is 18.8 Å². The van der Waals surface area contributed by atoms with Crippen LogP contribution in [-0.4, -0.2) is 55.2 Å². The molecule has 3 fully saturated rings. The van der Waals surface area contributed by atoms with Crippen LogP contribution in [0.15, 0.2) is 48.5 Å². The van der Waals surface area contributed by atoms with Crippen molar-refractivity contribution in [3.63, 3.8) is 0 Å². The molecule has 3 saturated heterocycles. The molecule has 2 bridgehead atoms. The summed E-state index contributed by atoms with van der Waals surface area (Å²) < 4.78 is 17.2. The Kier molecular flexibility index (Phi) is 6.52. The Morgan fingerprint density at radius 2 is 1.79 bits per heavy atom. The van der Waals surface area contributed by atoms with Gasteiger partial charge in [0.2, 0.25) is 11.8 Å². The van der Waals surface area contributed by atoms with Crippen molar-refractivity contribution in [3.8, 4) is 17.2 Å². The molecular formula is C24H28ClN3O5. The third kappa shape index (κ3) is 4.14. The molecule has 8 nitrogen and oxygen atoms in total. The predicted molar refractivity (Wildman–Crippen MR) is 125 cm³/mol. The highest BCUT2D eigenvalue weighted by molar-refractivity contribution is 5.98. The molecule has 4 atom stereocenters. The molecule has 3 N–H and O–H groups in total. The van der Waals surface area contributed by atoms with E-state index in [1.807, 2.05) is 24.3 Å². The Hall–Kier alpha value is -2.81. The van der Waals surface area contributed by atoms with Crippen molar-refractivity contribution < 1.29 is 23.8 Å². The van der Waals surface area contributed by atoms with E-state index in [0.717, 1.165) is 18.6 Å². The van der Waals surface area contributed by atoms with Crippen molar-refractivity contribution in [2.24, 2.45) is 17.6 Å². The zero-order valence-corrected chi connectivity index (χ0v) is 19.2. The van der Waals surface area contributed by atoms with Gasteiger partial charge in [0.15, 0.2) is 0 Å². The average Bonchev–Trinajstić information content (AvgIpc) is 3.44. The molecule has 1 spiro atoms. The molecule has 5 rings (SSSR count). The number of carbonyl (C=O) groups excluding carboxylic acids is 2. The van der Waals surface area contributed by atoms with E-state index in [-0.39, 0.29) is 30.3 Å². The van der Waals surface area contributed by atoms with Gasteiger partial charge in [0.05, 0.1) is 37.2 Å².